The molecular formula is C14H19N5O2. The van der Waals surface area contributed by atoms with Gasteiger partial charge in [0.05, 0.1) is 18.9 Å². The molecule has 2 N–H and O–H groups in total. The van der Waals surface area contributed by atoms with E-state index in [9.17, 15) is 4.79 Å². The molecule has 21 heavy (non-hydrogen) atoms. The number of nitrogens with one attached hydrogen (secondary N) is 2. The van der Waals surface area contributed by atoms with Gasteiger partial charge in [-0.25, -0.2) is 9.50 Å². The van der Waals surface area contributed by atoms with E-state index in [0.29, 0.717) is 24.4 Å². The van der Waals surface area contributed by atoms with Crippen molar-refractivity contribution in [3.8, 4) is 0 Å². The van der Waals surface area contributed by atoms with E-state index in [1.165, 1.54) is 0 Å². The second-order valence-electron chi connectivity index (χ2n) is 5.24. The van der Waals surface area contributed by atoms with Crippen LogP contribution in [-0.4, -0.2) is 52.9 Å². The van der Waals surface area contributed by atoms with Gasteiger partial charge in [-0.05, 0) is 19.9 Å². The highest BCUT2D eigenvalue weighted by atomic mass is 16.5. The van der Waals surface area contributed by atoms with Gasteiger partial charge < -0.3 is 15.4 Å². The van der Waals surface area contributed by atoms with E-state index in [4.69, 9.17) is 4.74 Å². The summed E-state index contributed by atoms with van der Waals surface area (Å²) in [6.07, 6.45) is 1.57. The standard InChI is InChI=1S/C14H19N5O2/c1-9-5-10(2)19-13(18-9)12(8-17-19)14(20)16-7-11-6-15-3-4-21-11/h5,8,11,15H,3-4,6-7H2,1-2H3,(H,16,20). The molecule has 2 aromatic rings. The molecule has 3 rings (SSSR count). The van der Waals surface area contributed by atoms with Crippen LogP contribution in [0, 0.1) is 13.8 Å². The molecule has 112 valence electrons. The number of aromatic nitrogens is 3. The number of nitrogens with zero attached hydrogens (tertiary/aromatic N) is 3. The van der Waals surface area contributed by atoms with Crippen LogP contribution in [0.3, 0.4) is 0 Å². The zero-order valence-electron chi connectivity index (χ0n) is 12.2. The van der Waals surface area contributed by atoms with E-state index < -0.39 is 0 Å². The third kappa shape index (κ3) is 2.88. The molecule has 0 bridgehead atoms. The van der Waals surface area contributed by atoms with Gasteiger partial charge in [-0.15, -0.1) is 0 Å². The third-order valence-corrected chi connectivity index (χ3v) is 3.52. The summed E-state index contributed by atoms with van der Waals surface area (Å²) in [5.74, 6) is -0.170. The molecule has 1 unspecified atom stereocenters. The molecule has 0 aromatic carbocycles. The van der Waals surface area contributed by atoms with Crippen molar-refractivity contribution in [2.45, 2.75) is 20.0 Å². The molecule has 0 aliphatic carbocycles. The van der Waals surface area contributed by atoms with Crippen LogP contribution < -0.4 is 10.6 Å². The van der Waals surface area contributed by atoms with Gasteiger partial charge >= 0.3 is 0 Å². The topological polar surface area (TPSA) is 80.6 Å². The Morgan fingerprint density at radius 1 is 1.57 bits per heavy atom. The van der Waals surface area contributed by atoms with E-state index >= 15 is 0 Å². The van der Waals surface area contributed by atoms with Crippen molar-refractivity contribution in [1.29, 1.82) is 0 Å². The Morgan fingerprint density at radius 3 is 3.19 bits per heavy atom. The second-order valence-corrected chi connectivity index (χ2v) is 5.24. The lowest BCUT2D eigenvalue weighted by Crippen LogP contribution is -2.45. The van der Waals surface area contributed by atoms with Crippen LogP contribution >= 0.6 is 0 Å². The number of fused-ring (bicyclic) bond motifs is 1. The lowest BCUT2D eigenvalue weighted by molar-refractivity contribution is 0.0287. The Bertz CT molecular complexity index is 661. The zero-order chi connectivity index (χ0) is 14.8. The quantitative estimate of drug-likeness (QED) is 0.835. The Morgan fingerprint density at radius 2 is 2.43 bits per heavy atom. The highest BCUT2D eigenvalue weighted by Crippen LogP contribution is 2.11. The van der Waals surface area contributed by atoms with E-state index in [1.54, 1.807) is 10.7 Å². The molecular weight excluding hydrogens is 270 g/mol. The number of aryl methyl sites for hydroxylation is 2. The first-order valence-electron chi connectivity index (χ1n) is 7.07. The maximum atomic E-state index is 12.3. The number of morpholine rings is 1. The molecule has 1 saturated heterocycles. The minimum absolute atomic E-state index is 0.0148. The van der Waals surface area contributed by atoms with Gasteiger partial charge in [-0.1, -0.05) is 0 Å². The fourth-order valence-electron chi connectivity index (χ4n) is 2.48. The van der Waals surface area contributed by atoms with Crippen LogP contribution in [-0.2, 0) is 4.74 Å². The average Bonchev–Trinajstić information content (AvgIpc) is 2.90. The van der Waals surface area contributed by atoms with Crippen LogP contribution in [0.2, 0.25) is 0 Å². The molecule has 7 heteroatoms. The highest BCUT2D eigenvalue weighted by Gasteiger charge is 2.18. The van der Waals surface area contributed by atoms with Crippen LogP contribution in [0.5, 0.6) is 0 Å². The van der Waals surface area contributed by atoms with Gasteiger partial charge in [-0.2, -0.15) is 5.10 Å². The summed E-state index contributed by atoms with van der Waals surface area (Å²) in [4.78, 5) is 16.7. The number of amides is 1. The van der Waals surface area contributed by atoms with Crippen LogP contribution in [0.1, 0.15) is 21.7 Å². The molecule has 2 aromatic heterocycles. The molecule has 0 spiro atoms. The van der Waals surface area contributed by atoms with E-state index in [-0.39, 0.29) is 12.0 Å². The molecule has 3 heterocycles. The van der Waals surface area contributed by atoms with E-state index in [2.05, 4.69) is 20.7 Å². The average molecular weight is 289 g/mol. The molecule has 1 fully saturated rings. The predicted molar refractivity (Wildman–Crippen MR) is 77.4 cm³/mol. The molecule has 0 saturated carbocycles. The summed E-state index contributed by atoms with van der Waals surface area (Å²) < 4.78 is 7.24. The van der Waals surface area contributed by atoms with Gasteiger partial charge in [0.1, 0.15) is 5.56 Å². The molecule has 1 aliphatic heterocycles. The Kier molecular flexibility index (Phi) is 3.85. The number of rotatable bonds is 3. The monoisotopic (exact) mass is 289 g/mol. The molecule has 7 nitrogen and oxygen atoms in total. The molecule has 1 aliphatic rings. The number of carbonyl (C=O) groups excluding carboxylic acids is 1. The van der Waals surface area contributed by atoms with Crippen LogP contribution in [0.4, 0.5) is 0 Å². The fraction of sp³-hybridized carbons (Fsp3) is 0.500. The van der Waals surface area contributed by atoms with Crippen molar-refractivity contribution >= 4 is 11.6 Å². The maximum absolute atomic E-state index is 12.3. The first kappa shape index (κ1) is 14.0. The van der Waals surface area contributed by atoms with Crippen LogP contribution in [0.25, 0.3) is 5.65 Å². The predicted octanol–water partition coefficient (Wildman–Crippen LogP) is 0.0643. The number of ether oxygens (including phenoxy) is 1. The summed E-state index contributed by atoms with van der Waals surface area (Å²) >= 11 is 0. The minimum Gasteiger partial charge on any atom is -0.374 e. The molecule has 0 radical (unpaired) electrons. The summed E-state index contributed by atoms with van der Waals surface area (Å²) in [5, 5.41) is 10.3. The van der Waals surface area contributed by atoms with Crippen molar-refractivity contribution < 1.29 is 9.53 Å². The second kappa shape index (κ2) is 5.79. The zero-order valence-corrected chi connectivity index (χ0v) is 12.2. The van der Waals surface area contributed by atoms with Crippen molar-refractivity contribution in [2.75, 3.05) is 26.2 Å². The highest BCUT2D eigenvalue weighted by molar-refractivity contribution is 5.99. The summed E-state index contributed by atoms with van der Waals surface area (Å²) in [5.41, 5.74) is 2.91. The van der Waals surface area contributed by atoms with Gasteiger partial charge in [0.2, 0.25) is 0 Å². The van der Waals surface area contributed by atoms with Crippen molar-refractivity contribution in [1.82, 2.24) is 25.2 Å². The van der Waals surface area contributed by atoms with Crippen molar-refractivity contribution in [3.05, 3.63) is 29.2 Å². The number of hydrogen-bond donors (Lipinski definition) is 2. The lowest BCUT2D eigenvalue weighted by Gasteiger charge is -2.23. The minimum atomic E-state index is -0.170. The lowest BCUT2D eigenvalue weighted by atomic mass is 10.2. The largest absolute Gasteiger partial charge is 0.374 e. The Hall–Kier alpha value is -1.99. The first-order valence-corrected chi connectivity index (χ1v) is 7.07. The maximum Gasteiger partial charge on any atom is 0.256 e. The van der Waals surface area contributed by atoms with Gasteiger partial charge in [-0.3, -0.25) is 4.79 Å². The third-order valence-electron chi connectivity index (χ3n) is 3.52. The van der Waals surface area contributed by atoms with Gasteiger partial charge in [0.15, 0.2) is 5.65 Å². The van der Waals surface area contributed by atoms with E-state index in [0.717, 1.165) is 24.5 Å². The van der Waals surface area contributed by atoms with Gasteiger partial charge in [0.25, 0.3) is 5.91 Å². The number of hydrogen-bond acceptors (Lipinski definition) is 5. The molecule has 1 amide bonds. The number of carbonyl (C=O) groups is 1. The summed E-state index contributed by atoms with van der Waals surface area (Å²) in [6.45, 7) is 6.62. The summed E-state index contributed by atoms with van der Waals surface area (Å²) in [7, 11) is 0. The van der Waals surface area contributed by atoms with E-state index in [1.807, 2.05) is 19.9 Å². The van der Waals surface area contributed by atoms with Crippen molar-refractivity contribution in [3.63, 3.8) is 0 Å². The van der Waals surface area contributed by atoms with Crippen molar-refractivity contribution in [2.24, 2.45) is 0 Å². The Balaban J connectivity index is 1.75. The molecule has 1 atom stereocenters. The smallest absolute Gasteiger partial charge is 0.256 e. The first-order chi connectivity index (χ1) is 10.1. The normalized spacial score (nSPS) is 18.9. The van der Waals surface area contributed by atoms with Gasteiger partial charge in [0, 0.05) is 31.0 Å². The summed E-state index contributed by atoms with van der Waals surface area (Å²) in [6, 6.07) is 1.93. The van der Waals surface area contributed by atoms with Crippen LogP contribution in [0.15, 0.2) is 12.3 Å². The fourth-order valence-corrected chi connectivity index (χ4v) is 2.48. The SMILES string of the molecule is Cc1cc(C)n2ncc(C(=O)NCC3CNCCO3)c2n1. The Labute approximate surface area is 122 Å².